The second-order valence-electron chi connectivity index (χ2n) is 3.53. The number of aromatic nitrogens is 1. The number of ether oxygens (including phenoxy) is 1. The van der Waals surface area contributed by atoms with E-state index in [4.69, 9.17) is 11.6 Å². The van der Waals surface area contributed by atoms with Gasteiger partial charge in [0, 0.05) is 10.9 Å². The molecule has 1 heterocycles. The van der Waals surface area contributed by atoms with E-state index in [1.165, 1.54) is 30.6 Å². The van der Waals surface area contributed by atoms with Gasteiger partial charge in [0.25, 0.3) is 0 Å². The maximum absolute atomic E-state index is 13.3. The molecule has 1 aromatic heterocycles. The zero-order valence-electron chi connectivity index (χ0n) is 9.44. The predicted octanol–water partition coefficient (Wildman–Crippen LogP) is 3.32. The minimum Gasteiger partial charge on any atom is -0.469 e. The Bertz CT molecular complexity index is 585. The van der Waals surface area contributed by atoms with E-state index in [0.29, 0.717) is 16.3 Å². The molecule has 0 spiro atoms. The molecule has 0 aliphatic rings. The molecule has 0 unspecified atom stereocenters. The third-order valence-corrected chi connectivity index (χ3v) is 3.52. The summed E-state index contributed by atoms with van der Waals surface area (Å²) >= 11 is 6.95. The summed E-state index contributed by atoms with van der Waals surface area (Å²) in [4.78, 5) is 15.3. The SMILES string of the molecule is COC(=O)Cc1csc(-c2ccc(Cl)c(F)c2)n1. The van der Waals surface area contributed by atoms with E-state index in [-0.39, 0.29) is 17.4 Å². The van der Waals surface area contributed by atoms with E-state index in [9.17, 15) is 9.18 Å². The second kappa shape index (κ2) is 5.46. The number of nitrogens with zero attached hydrogens (tertiary/aromatic N) is 1. The van der Waals surface area contributed by atoms with E-state index in [0.717, 1.165) is 0 Å². The zero-order chi connectivity index (χ0) is 13.1. The molecule has 0 aliphatic heterocycles. The molecule has 94 valence electrons. The van der Waals surface area contributed by atoms with Crippen molar-refractivity contribution in [3.05, 3.63) is 40.1 Å². The number of methoxy groups -OCH3 is 1. The number of esters is 1. The van der Waals surface area contributed by atoms with Crippen LogP contribution in [0, 0.1) is 5.82 Å². The largest absolute Gasteiger partial charge is 0.469 e. The van der Waals surface area contributed by atoms with Crippen LogP contribution >= 0.6 is 22.9 Å². The fourth-order valence-electron chi connectivity index (χ4n) is 1.37. The average molecular weight is 286 g/mol. The Morgan fingerprint density at radius 3 is 3.00 bits per heavy atom. The van der Waals surface area contributed by atoms with Crippen LogP contribution in [-0.4, -0.2) is 18.1 Å². The Labute approximate surface area is 112 Å². The third-order valence-electron chi connectivity index (χ3n) is 2.27. The summed E-state index contributed by atoms with van der Waals surface area (Å²) < 4.78 is 17.9. The molecule has 1 aromatic carbocycles. The van der Waals surface area contributed by atoms with Crippen molar-refractivity contribution in [1.29, 1.82) is 0 Å². The Morgan fingerprint density at radius 1 is 1.56 bits per heavy atom. The molecule has 18 heavy (non-hydrogen) atoms. The highest BCUT2D eigenvalue weighted by Gasteiger charge is 2.10. The van der Waals surface area contributed by atoms with Crippen molar-refractivity contribution < 1.29 is 13.9 Å². The van der Waals surface area contributed by atoms with Crippen LogP contribution in [-0.2, 0) is 16.0 Å². The van der Waals surface area contributed by atoms with Gasteiger partial charge in [0.2, 0.25) is 0 Å². The number of halogens is 2. The van der Waals surface area contributed by atoms with Crippen molar-refractivity contribution in [3.8, 4) is 10.6 Å². The minimum absolute atomic E-state index is 0.0742. The van der Waals surface area contributed by atoms with Crippen LogP contribution in [0.5, 0.6) is 0 Å². The molecule has 0 saturated carbocycles. The second-order valence-corrected chi connectivity index (χ2v) is 4.79. The average Bonchev–Trinajstić information content (AvgIpc) is 2.81. The lowest BCUT2D eigenvalue weighted by molar-refractivity contribution is -0.139. The summed E-state index contributed by atoms with van der Waals surface area (Å²) in [6, 6.07) is 4.49. The number of carbonyl (C=O) groups is 1. The molecule has 2 rings (SSSR count). The molecule has 0 aliphatic carbocycles. The van der Waals surface area contributed by atoms with Crippen LogP contribution in [0.15, 0.2) is 23.6 Å². The first kappa shape index (κ1) is 13.0. The number of benzene rings is 1. The highest BCUT2D eigenvalue weighted by atomic mass is 35.5. The minimum atomic E-state index is -0.487. The zero-order valence-corrected chi connectivity index (χ0v) is 11.0. The maximum Gasteiger partial charge on any atom is 0.311 e. The van der Waals surface area contributed by atoms with Crippen LogP contribution in [0.25, 0.3) is 10.6 Å². The van der Waals surface area contributed by atoms with Crippen LogP contribution in [0.1, 0.15) is 5.69 Å². The smallest absolute Gasteiger partial charge is 0.311 e. The van der Waals surface area contributed by atoms with Gasteiger partial charge in [-0.2, -0.15) is 0 Å². The lowest BCUT2D eigenvalue weighted by Crippen LogP contribution is -2.04. The maximum atomic E-state index is 13.3. The van der Waals surface area contributed by atoms with E-state index in [1.54, 1.807) is 11.4 Å². The third kappa shape index (κ3) is 2.86. The first-order valence-corrected chi connectivity index (χ1v) is 6.32. The molecular formula is C12H9ClFNO2S. The molecule has 2 aromatic rings. The number of thiazole rings is 1. The van der Waals surface area contributed by atoms with Gasteiger partial charge in [0.05, 0.1) is 24.2 Å². The van der Waals surface area contributed by atoms with E-state index < -0.39 is 5.82 Å². The van der Waals surface area contributed by atoms with E-state index in [2.05, 4.69) is 9.72 Å². The topological polar surface area (TPSA) is 39.2 Å². The Balaban J connectivity index is 2.23. The van der Waals surface area contributed by atoms with E-state index >= 15 is 0 Å². The fraction of sp³-hybridized carbons (Fsp3) is 0.167. The Kier molecular flexibility index (Phi) is 3.93. The Hall–Kier alpha value is -1.46. The van der Waals surface area contributed by atoms with Gasteiger partial charge in [0.15, 0.2) is 0 Å². The monoisotopic (exact) mass is 285 g/mol. The van der Waals surface area contributed by atoms with Crippen molar-refractivity contribution in [3.63, 3.8) is 0 Å². The summed E-state index contributed by atoms with van der Waals surface area (Å²) in [6.45, 7) is 0. The van der Waals surface area contributed by atoms with E-state index in [1.807, 2.05) is 0 Å². The van der Waals surface area contributed by atoms with Gasteiger partial charge < -0.3 is 4.74 Å². The first-order valence-electron chi connectivity index (χ1n) is 5.07. The van der Waals surface area contributed by atoms with Crippen molar-refractivity contribution in [2.24, 2.45) is 0 Å². The molecule has 0 saturated heterocycles. The summed E-state index contributed by atoms with van der Waals surface area (Å²) in [5, 5.41) is 2.47. The number of carbonyl (C=O) groups excluding carboxylic acids is 1. The van der Waals surface area contributed by atoms with Gasteiger partial charge in [0.1, 0.15) is 10.8 Å². The van der Waals surface area contributed by atoms with Gasteiger partial charge in [-0.15, -0.1) is 11.3 Å². The van der Waals surface area contributed by atoms with Crippen molar-refractivity contribution in [1.82, 2.24) is 4.98 Å². The lowest BCUT2D eigenvalue weighted by atomic mass is 10.2. The highest BCUT2D eigenvalue weighted by molar-refractivity contribution is 7.13. The van der Waals surface area contributed by atoms with Crippen LogP contribution in [0.2, 0.25) is 5.02 Å². The van der Waals surface area contributed by atoms with Gasteiger partial charge in [-0.25, -0.2) is 9.37 Å². The quantitative estimate of drug-likeness (QED) is 0.812. The molecule has 0 atom stereocenters. The van der Waals surface area contributed by atoms with Crippen LogP contribution in [0.3, 0.4) is 0 Å². The molecule has 6 heteroatoms. The van der Waals surface area contributed by atoms with Gasteiger partial charge in [-0.3, -0.25) is 4.79 Å². The van der Waals surface area contributed by atoms with Crippen LogP contribution in [0.4, 0.5) is 4.39 Å². The lowest BCUT2D eigenvalue weighted by Gasteiger charge is -1.98. The summed E-state index contributed by atoms with van der Waals surface area (Å²) in [7, 11) is 1.32. The summed E-state index contributed by atoms with van der Waals surface area (Å²) in [5.41, 5.74) is 1.25. The van der Waals surface area contributed by atoms with Crippen LogP contribution < -0.4 is 0 Å². The van der Waals surface area contributed by atoms with Crippen molar-refractivity contribution in [2.75, 3.05) is 7.11 Å². The number of rotatable bonds is 3. The van der Waals surface area contributed by atoms with Gasteiger partial charge >= 0.3 is 5.97 Å². The molecule has 0 fully saturated rings. The van der Waals surface area contributed by atoms with Crippen molar-refractivity contribution >= 4 is 28.9 Å². The molecule has 0 radical (unpaired) electrons. The standard InChI is InChI=1S/C12H9ClFNO2S/c1-17-11(16)5-8-6-18-12(15-8)7-2-3-9(13)10(14)4-7/h2-4,6H,5H2,1H3. The predicted molar refractivity (Wildman–Crippen MR) is 68.2 cm³/mol. The first-order chi connectivity index (χ1) is 8.60. The molecule has 0 amide bonds. The van der Waals surface area contributed by atoms with Crippen molar-refractivity contribution in [2.45, 2.75) is 6.42 Å². The number of hydrogen-bond acceptors (Lipinski definition) is 4. The molecule has 0 N–H and O–H groups in total. The molecule has 0 bridgehead atoms. The normalized spacial score (nSPS) is 10.4. The molecular weight excluding hydrogens is 277 g/mol. The summed E-state index contributed by atoms with van der Waals surface area (Å²) in [6.07, 6.45) is 0.114. The van der Waals surface area contributed by atoms with Gasteiger partial charge in [-0.1, -0.05) is 17.7 Å². The fourth-order valence-corrected chi connectivity index (χ4v) is 2.30. The molecule has 3 nitrogen and oxygen atoms in total. The van der Waals surface area contributed by atoms with Gasteiger partial charge in [-0.05, 0) is 12.1 Å². The Morgan fingerprint density at radius 2 is 2.33 bits per heavy atom. The summed E-state index contributed by atoms with van der Waals surface area (Å²) in [5.74, 6) is -0.840. The highest BCUT2D eigenvalue weighted by Crippen LogP contribution is 2.27. The number of hydrogen-bond donors (Lipinski definition) is 0.